The predicted octanol–water partition coefficient (Wildman–Crippen LogP) is 2.49. The third-order valence-corrected chi connectivity index (χ3v) is 6.18. The first-order chi connectivity index (χ1) is 12.2. The second-order valence-electron chi connectivity index (χ2n) is 6.01. The number of hydrogen-bond donors (Lipinski definition) is 2. The zero-order valence-corrected chi connectivity index (χ0v) is 15.1. The molecule has 3 heterocycles. The monoisotopic (exact) mass is 374 g/mol. The molecule has 1 aliphatic rings. The van der Waals surface area contributed by atoms with Crippen LogP contribution in [0.5, 0.6) is 0 Å². The summed E-state index contributed by atoms with van der Waals surface area (Å²) in [5, 5.41) is 8.14. The van der Waals surface area contributed by atoms with Crippen molar-refractivity contribution in [3.05, 3.63) is 30.1 Å². The Bertz CT molecular complexity index is 859. The summed E-state index contributed by atoms with van der Waals surface area (Å²) in [5.74, 6) is 1.72. The lowest BCUT2D eigenvalue weighted by atomic mass is 9.97. The Balaban J connectivity index is 1.40. The average Bonchev–Trinajstić information content (AvgIpc) is 3.25. The third-order valence-electron chi connectivity index (χ3n) is 4.31. The number of amides is 1. The summed E-state index contributed by atoms with van der Waals surface area (Å²) in [7, 11) is 0. The van der Waals surface area contributed by atoms with Crippen molar-refractivity contribution in [3.8, 4) is 0 Å². The van der Waals surface area contributed by atoms with E-state index in [1.54, 1.807) is 0 Å². The summed E-state index contributed by atoms with van der Waals surface area (Å²) >= 11 is 2.70. The molecule has 3 aromatic rings. The summed E-state index contributed by atoms with van der Waals surface area (Å²) < 4.78 is 0.733. The van der Waals surface area contributed by atoms with Crippen LogP contribution in [0.15, 0.2) is 28.6 Å². The topological polar surface area (TPSA) is 101 Å². The molecular weight excluding hydrogens is 356 g/mol. The van der Waals surface area contributed by atoms with Crippen LogP contribution < -0.4 is 5.73 Å². The molecule has 0 unspecified atom stereocenters. The Morgan fingerprint density at radius 2 is 2.28 bits per heavy atom. The summed E-state index contributed by atoms with van der Waals surface area (Å²) in [6, 6.07) is 8.02. The zero-order chi connectivity index (χ0) is 17.2. The number of aromatic nitrogens is 4. The van der Waals surface area contributed by atoms with Crippen molar-refractivity contribution in [3.63, 3.8) is 0 Å². The van der Waals surface area contributed by atoms with Crippen molar-refractivity contribution in [2.45, 2.75) is 23.1 Å². The number of nitrogens with zero attached hydrogens (tertiary/aromatic N) is 4. The van der Waals surface area contributed by atoms with Gasteiger partial charge in [-0.2, -0.15) is 0 Å². The van der Waals surface area contributed by atoms with Crippen molar-refractivity contribution < 1.29 is 4.79 Å². The summed E-state index contributed by atoms with van der Waals surface area (Å²) in [6.07, 6.45) is 2.04. The van der Waals surface area contributed by atoms with Crippen molar-refractivity contribution >= 4 is 45.2 Å². The van der Waals surface area contributed by atoms with Crippen molar-refractivity contribution in [2.24, 2.45) is 0 Å². The molecule has 0 bridgehead atoms. The van der Waals surface area contributed by atoms with Gasteiger partial charge in [0.1, 0.15) is 5.82 Å². The van der Waals surface area contributed by atoms with Gasteiger partial charge >= 0.3 is 0 Å². The van der Waals surface area contributed by atoms with Gasteiger partial charge in [-0.15, -0.1) is 10.2 Å². The van der Waals surface area contributed by atoms with E-state index in [0.29, 0.717) is 17.4 Å². The molecule has 1 amide bonds. The lowest BCUT2D eigenvalue weighted by molar-refractivity contribution is -0.129. The van der Waals surface area contributed by atoms with Crippen LogP contribution >= 0.6 is 23.1 Å². The molecule has 25 heavy (non-hydrogen) atoms. The quantitative estimate of drug-likeness (QED) is 0.681. The molecule has 130 valence electrons. The number of likely N-dealkylation sites (tertiary alicyclic amines) is 1. The van der Waals surface area contributed by atoms with Gasteiger partial charge in [-0.05, 0) is 25.0 Å². The molecule has 2 aromatic heterocycles. The first kappa shape index (κ1) is 16.3. The molecular formula is C16H18N6OS2. The maximum Gasteiger partial charge on any atom is 0.233 e. The van der Waals surface area contributed by atoms with Gasteiger partial charge in [0.15, 0.2) is 4.34 Å². The number of fused-ring (bicyclic) bond motifs is 1. The Kier molecular flexibility index (Phi) is 4.58. The number of imidazole rings is 1. The fourth-order valence-electron chi connectivity index (χ4n) is 3.09. The van der Waals surface area contributed by atoms with Gasteiger partial charge in [-0.25, -0.2) is 4.98 Å². The number of rotatable bonds is 4. The van der Waals surface area contributed by atoms with E-state index in [2.05, 4.69) is 15.2 Å². The number of hydrogen-bond acceptors (Lipinski definition) is 7. The normalized spacial score (nSPS) is 17.9. The van der Waals surface area contributed by atoms with Crippen LogP contribution in [0, 0.1) is 0 Å². The number of nitrogens with one attached hydrogen (secondary N) is 1. The molecule has 1 aromatic carbocycles. The number of benzene rings is 1. The SMILES string of the molecule is Nc1nnc(SCC(=O)N2CCC[C@@H](c3nc4ccccc4[nH]3)C2)s1. The lowest BCUT2D eigenvalue weighted by Crippen LogP contribution is -2.40. The third kappa shape index (κ3) is 3.62. The Morgan fingerprint density at radius 1 is 1.40 bits per heavy atom. The van der Waals surface area contributed by atoms with Crippen molar-refractivity contribution in [1.29, 1.82) is 0 Å². The van der Waals surface area contributed by atoms with E-state index in [0.717, 1.165) is 40.6 Å². The molecule has 0 radical (unpaired) electrons. The van der Waals surface area contributed by atoms with Gasteiger partial charge < -0.3 is 15.6 Å². The average molecular weight is 374 g/mol. The van der Waals surface area contributed by atoms with Crippen LogP contribution in [-0.4, -0.2) is 49.8 Å². The zero-order valence-electron chi connectivity index (χ0n) is 13.5. The molecule has 7 nitrogen and oxygen atoms in total. The van der Waals surface area contributed by atoms with Crippen molar-refractivity contribution in [1.82, 2.24) is 25.1 Å². The minimum atomic E-state index is 0.125. The van der Waals surface area contributed by atoms with E-state index in [9.17, 15) is 4.79 Å². The summed E-state index contributed by atoms with van der Waals surface area (Å²) in [6.45, 7) is 1.51. The number of carbonyl (C=O) groups is 1. The minimum absolute atomic E-state index is 0.125. The van der Waals surface area contributed by atoms with Crippen LogP contribution in [0.25, 0.3) is 11.0 Å². The van der Waals surface area contributed by atoms with E-state index < -0.39 is 0 Å². The maximum atomic E-state index is 12.5. The van der Waals surface area contributed by atoms with E-state index in [-0.39, 0.29) is 11.8 Å². The fraction of sp³-hybridized carbons (Fsp3) is 0.375. The molecule has 0 saturated carbocycles. The lowest BCUT2D eigenvalue weighted by Gasteiger charge is -2.31. The summed E-state index contributed by atoms with van der Waals surface area (Å²) in [4.78, 5) is 22.6. The molecule has 4 rings (SSSR count). The second-order valence-corrected chi connectivity index (χ2v) is 8.24. The highest BCUT2D eigenvalue weighted by molar-refractivity contribution is 8.01. The standard InChI is InChI=1S/C16H18N6OS2/c17-15-20-21-16(25-15)24-9-13(23)22-7-3-4-10(8-22)14-18-11-5-1-2-6-12(11)19-14/h1-2,5-6,10H,3-4,7-9H2,(H2,17,20)(H,18,19)/t10-/m1/s1. The van der Waals surface area contributed by atoms with Crippen LogP contribution in [0.3, 0.4) is 0 Å². The number of thioether (sulfide) groups is 1. The Labute approximate surface area is 153 Å². The Morgan fingerprint density at radius 3 is 3.08 bits per heavy atom. The molecule has 1 atom stereocenters. The molecule has 0 aliphatic carbocycles. The van der Waals surface area contributed by atoms with Crippen molar-refractivity contribution in [2.75, 3.05) is 24.6 Å². The number of anilines is 1. The predicted molar refractivity (Wildman–Crippen MR) is 99.7 cm³/mol. The van der Waals surface area contributed by atoms with Gasteiger partial charge in [-0.1, -0.05) is 35.2 Å². The molecule has 3 N–H and O–H groups in total. The van der Waals surface area contributed by atoms with Gasteiger partial charge in [0.05, 0.1) is 16.8 Å². The molecule has 1 fully saturated rings. The summed E-state index contributed by atoms with van der Waals surface area (Å²) in [5.41, 5.74) is 7.59. The smallest absolute Gasteiger partial charge is 0.233 e. The minimum Gasteiger partial charge on any atom is -0.374 e. The highest BCUT2D eigenvalue weighted by atomic mass is 32.2. The number of para-hydroxylation sites is 2. The van der Waals surface area contributed by atoms with Gasteiger partial charge in [0.25, 0.3) is 0 Å². The number of H-pyrrole nitrogens is 1. The number of carbonyl (C=O) groups excluding carboxylic acids is 1. The van der Waals surface area contributed by atoms with E-state index in [4.69, 9.17) is 10.7 Å². The van der Waals surface area contributed by atoms with Gasteiger partial charge in [-0.3, -0.25) is 4.79 Å². The largest absolute Gasteiger partial charge is 0.374 e. The number of piperidine rings is 1. The fourth-order valence-corrected chi connectivity index (χ4v) is 4.63. The van der Waals surface area contributed by atoms with Gasteiger partial charge in [0, 0.05) is 19.0 Å². The van der Waals surface area contributed by atoms with Crippen LogP contribution in [0.2, 0.25) is 0 Å². The second kappa shape index (κ2) is 7.01. The molecule has 1 saturated heterocycles. The van der Waals surface area contributed by atoms with E-state index >= 15 is 0 Å². The van der Waals surface area contributed by atoms with E-state index in [1.807, 2.05) is 29.2 Å². The molecule has 9 heteroatoms. The maximum absolute atomic E-state index is 12.5. The molecule has 1 aliphatic heterocycles. The van der Waals surface area contributed by atoms with Crippen LogP contribution in [-0.2, 0) is 4.79 Å². The Hall–Kier alpha value is -2.13. The van der Waals surface area contributed by atoms with Crippen LogP contribution in [0.1, 0.15) is 24.6 Å². The first-order valence-corrected chi connectivity index (χ1v) is 9.93. The highest BCUT2D eigenvalue weighted by Crippen LogP contribution is 2.28. The highest BCUT2D eigenvalue weighted by Gasteiger charge is 2.26. The number of nitrogens with two attached hydrogens (primary N) is 1. The van der Waals surface area contributed by atoms with Gasteiger partial charge in [0.2, 0.25) is 11.0 Å². The first-order valence-electron chi connectivity index (χ1n) is 8.13. The number of nitrogen functional groups attached to an aromatic ring is 1. The molecule has 0 spiro atoms. The van der Waals surface area contributed by atoms with Crippen LogP contribution in [0.4, 0.5) is 5.13 Å². The van der Waals surface area contributed by atoms with E-state index in [1.165, 1.54) is 23.1 Å². The number of aromatic amines is 1.